The lowest BCUT2D eigenvalue weighted by atomic mass is 10.1. The molecule has 1 atom stereocenters. The molecule has 6 heteroatoms. The molecule has 3 N–H and O–H groups in total. The van der Waals surface area contributed by atoms with Crippen molar-refractivity contribution in [1.82, 2.24) is 4.98 Å². The molecule has 0 saturated heterocycles. The van der Waals surface area contributed by atoms with Gasteiger partial charge in [0.1, 0.15) is 6.20 Å². The molecule has 1 aromatic heterocycles. The van der Waals surface area contributed by atoms with Crippen molar-refractivity contribution < 1.29 is 10.0 Å². The predicted molar refractivity (Wildman–Crippen MR) is 49.6 cm³/mol. The lowest BCUT2D eigenvalue weighted by Gasteiger charge is -2.09. The van der Waals surface area contributed by atoms with Crippen molar-refractivity contribution >= 4 is 5.69 Å². The Labute approximate surface area is 80.5 Å². The molecular formula is C8H11N3O3. The second-order valence-corrected chi connectivity index (χ2v) is 2.94. The van der Waals surface area contributed by atoms with E-state index < -0.39 is 11.0 Å². The first-order chi connectivity index (χ1) is 6.56. The van der Waals surface area contributed by atoms with Gasteiger partial charge in [0.2, 0.25) is 0 Å². The number of hydrogen-bond donors (Lipinski definition) is 2. The summed E-state index contributed by atoms with van der Waals surface area (Å²) in [5.74, 6) is 0. The highest BCUT2D eigenvalue weighted by Gasteiger charge is 2.13. The van der Waals surface area contributed by atoms with Gasteiger partial charge in [0.05, 0.1) is 23.3 Å². The van der Waals surface area contributed by atoms with E-state index in [-0.39, 0.29) is 12.3 Å². The fraction of sp³-hybridized carbons (Fsp3) is 0.375. The van der Waals surface area contributed by atoms with Gasteiger partial charge >= 0.3 is 0 Å². The summed E-state index contributed by atoms with van der Waals surface area (Å²) >= 11 is 0. The number of nitrogens with two attached hydrogens (primary N) is 1. The SMILES string of the molecule is Cc1cc([N+](=O)[O-])cnc1C(N)CO. The Balaban J connectivity index is 3.07. The predicted octanol–water partition coefficient (Wildman–Crippen LogP) is 0.290. The zero-order valence-electron chi connectivity index (χ0n) is 7.67. The maximum atomic E-state index is 10.4. The maximum Gasteiger partial charge on any atom is 0.287 e. The first kappa shape index (κ1) is 10.6. The molecule has 0 fully saturated rings. The minimum absolute atomic E-state index is 0.0728. The Morgan fingerprint density at radius 3 is 2.86 bits per heavy atom. The highest BCUT2D eigenvalue weighted by atomic mass is 16.6. The molecule has 6 nitrogen and oxygen atoms in total. The lowest BCUT2D eigenvalue weighted by Crippen LogP contribution is -2.17. The van der Waals surface area contributed by atoms with E-state index in [1.807, 2.05) is 0 Å². The van der Waals surface area contributed by atoms with Crippen molar-refractivity contribution in [2.75, 3.05) is 6.61 Å². The molecule has 0 spiro atoms. The summed E-state index contributed by atoms with van der Waals surface area (Å²) in [6.07, 6.45) is 1.14. The quantitative estimate of drug-likeness (QED) is 0.535. The molecule has 0 bridgehead atoms. The largest absolute Gasteiger partial charge is 0.394 e. The van der Waals surface area contributed by atoms with Crippen LogP contribution in [0.5, 0.6) is 0 Å². The zero-order chi connectivity index (χ0) is 10.7. The summed E-state index contributed by atoms with van der Waals surface area (Å²) in [6.45, 7) is 1.44. The molecule has 1 unspecified atom stereocenters. The molecule has 1 rings (SSSR count). The molecule has 76 valence electrons. The van der Waals surface area contributed by atoms with Crippen LogP contribution in [0.25, 0.3) is 0 Å². The summed E-state index contributed by atoms with van der Waals surface area (Å²) in [7, 11) is 0. The first-order valence-electron chi connectivity index (χ1n) is 4.03. The normalized spacial score (nSPS) is 12.5. The number of aliphatic hydroxyl groups excluding tert-OH is 1. The smallest absolute Gasteiger partial charge is 0.287 e. The Morgan fingerprint density at radius 2 is 2.43 bits per heavy atom. The minimum Gasteiger partial charge on any atom is -0.394 e. The fourth-order valence-electron chi connectivity index (χ4n) is 1.15. The van der Waals surface area contributed by atoms with Crippen LogP contribution in [0.15, 0.2) is 12.3 Å². The molecular weight excluding hydrogens is 186 g/mol. The maximum absolute atomic E-state index is 10.4. The van der Waals surface area contributed by atoms with Crippen LogP contribution in [-0.4, -0.2) is 21.6 Å². The van der Waals surface area contributed by atoms with Gasteiger partial charge in [-0.2, -0.15) is 0 Å². The molecule has 0 aliphatic carbocycles. The minimum atomic E-state index is -0.587. The van der Waals surface area contributed by atoms with Crippen molar-refractivity contribution in [1.29, 1.82) is 0 Å². The third-order valence-corrected chi connectivity index (χ3v) is 1.86. The number of aromatic nitrogens is 1. The molecule has 0 amide bonds. The van der Waals surface area contributed by atoms with Crippen molar-refractivity contribution in [2.45, 2.75) is 13.0 Å². The van der Waals surface area contributed by atoms with Gasteiger partial charge in [0.25, 0.3) is 5.69 Å². The Morgan fingerprint density at radius 1 is 1.79 bits per heavy atom. The lowest BCUT2D eigenvalue weighted by molar-refractivity contribution is -0.385. The Hall–Kier alpha value is -1.53. The van der Waals surface area contributed by atoms with Gasteiger partial charge in [-0.1, -0.05) is 0 Å². The van der Waals surface area contributed by atoms with Crippen molar-refractivity contribution in [3.05, 3.63) is 33.6 Å². The van der Waals surface area contributed by atoms with Crippen LogP contribution in [0.2, 0.25) is 0 Å². The number of aliphatic hydroxyl groups is 1. The number of nitro groups is 1. The Kier molecular flexibility index (Phi) is 3.10. The Bertz CT molecular complexity index is 354. The summed E-state index contributed by atoms with van der Waals surface area (Å²) in [4.78, 5) is 13.7. The number of hydrogen-bond acceptors (Lipinski definition) is 5. The van der Waals surface area contributed by atoms with E-state index in [9.17, 15) is 10.1 Å². The van der Waals surface area contributed by atoms with E-state index in [0.29, 0.717) is 11.3 Å². The van der Waals surface area contributed by atoms with Gasteiger partial charge < -0.3 is 10.8 Å². The van der Waals surface area contributed by atoms with Gasteiger partial charge in [-0.3, -0.25) is 15.1 Å². The second-order valence-electron chi connectivity index (χ2n) is 2.94. The topological polar surface area (TPSA) is 102 Å². The van der Waals surface area contributed by atoms with E-state index in [1.165, 1.54) is 6.07 Å². The second kappa shape index (κ2) is 4.12. The monoisotopic (exact) mass is 197 g/mol. The number of rotatable bonds is 3. The van der Waals surface area contributed by atoms with Gasteiger partial charge in [-0.15, -0.1) is 0 Å². The molecule has 0 radical (unpaired) electrons. The van der Waals surface area contributed by atoms with E-state index in [2.05, 4.69) is 4.98 Å². The molecule has 0 saturated carbocycles. The van der Waals surface area contributed by atoms with Gasteiger partial charge in [0.15, 0.2) is 0 Å². The standard InChI is InChI=1S/C8H11N3O3/c1-5-2-6(11(13)14)3-10-8(5)7(9)4-12/h2-3,7,12H,4,9H2,1H3. The average Bonchev–Trinajstić information content (AvgIpc) is 2.16. The summed E-state index contributed by atoms with van der Waals surface area (Å²) < 4.78 is 0. The van der Waals surface area contributed by atoms with Crippen molar-refractivity contribution in [3.8, 4) is 0 Å². The van der Waals surface area contributed by atoms with Crippen LogP contribution < -0.4 is 5.73 Å². The molecule has 0 aromatic carbocycles. The van der Waals surface area contributed by atoms with Crippen LogP contribution >= 0.6 is 0 Å². The summed E-state index contributed by atoms with van der Waals surface area (Å²) in [5.41, 5.74) is 6.56. The third kappa shape index (κ3) is 2.04. The molecule has 14 heavy (non-hydrogen) atoms. The number of nitrogens with zero attached hydrogens (tertiary/aromatic N) is 2. The molecule has 1 aromatic rings. The van der Waals surface area contributed by atoms with Gasteiger partial charge in [-0.05, 0) is 12.5 Å². The summed E-state index contributed by atoms with van der Waals surface area (Å²) in [6, 6.07) is 0.800. The van der Waals surface area contributed by atoms with E-state index >= 15 is 0 Å². The zero-order valence-corrected chi connectivity index (χ0v) is 7.67. The highest BCUT2D eigenvalue weighted by molar-refractivity contribution is 5.34. The first-order valence-corrected chi connectivity index (χ1v) is 4.03. The summed E-state index contributed by atoms with van der Waals surface area (Å²) in [5, 5.41) is 19.2. The van der Waals surface area contributed by atoms with Crippen LogP contribution in [-0.2, 0) is 0 Å². The molecule has 0 aliphatic heterocycles. The molecule has 0 aliphatic rings. The third-order valence-electron chi connectivity index (χ3n) is 1.86. The fourth-order valence-corrected chi connectivity index (χ4v) is 1.15. The van der Waals surface area contributed by atoms with Crippen LogP contribution in [0, 0.1) is 17.0 Å². The van der Waals surface area contributed by atoms with Crippen LogP contribution in [0.3, 0.4) is 0 Å². The van der Waals surface area contributed by atoms with Gasteiger partial charge in [-0.25, -0.2) is 0 Å². The van der Waals surface area contributed by atoms with E-state index in [4.69, 9.17) is 10.8 Å². The average molecular weight is 197 g/mol. The van der Waals surface area contributed by atoms with Gasteiger partial charge in [0, 0.05) is 6.07 Å². The highest BCUT2D eigenvalue weighted by Crippen LogP contribution is 2.17. The van der Waals surface area contributed by atoms with E-state index in [0.717, 1.165) is 6.20 Å². The molecule has 1 heterocycles. The van der Waals surface area contributed by atoms with Crippen molar-refractivity contribution in [2.24, 2.45) is 5.73 Å². The van der Waals surface area contributed by atoms with Crippen LogP contribution in [0.1, 0.15) is 17.3 Å². The van der Waals surface area contributed by atoms with Crippen LogP contribution in [0.4, 0.5) is 5.69 Å². The van der Waals surface area contributed by atoms with E-state index in [1.54, 1.807) is 6.92 Å². The number of aryl methyl sites for hydroxylation is 1. The number of pyridine rings is 1. The van der Waals surface area contributed by atoms with Crippen molar-refractivity contribution in [3.63, 3.8) is 0 Å².